The zero-order valence-electron chi connectivity index (χ0n) is 12.2. The topological polar surface area (TPSA) is 71.1 Å². The van der Waals surface area contributed by atoms with E-state index in [-0.39, 0.29) is 11.6 Å². The second-order valence-electron chi connectivity index (χ2n) is 4.74. The number of nitrogens with one attached hydrogen (secondary N) is 2. The first-order valence-electron chi connectivity index (χ1n) is 6.54. The van der Waals surface area contributed by atoms with Crippen molar-refractivity contribution in [1.82, 2.24) is 4.98 Å². The maximum Gasteiger partial charge on any atom is 0.471 e. The highest BCUT2D eigenvalue weighted by Crippen LogP contribution is 2.26. The van der Waals surface area contributed by atoms with Crippen molar-refractivity contribution in [3.8, 4) is 0 Å². The van der Waals surface area contributed by atoms with Crippen LogP contribution < -0.4 is 10.6 Å². The van der Waals surface area contributed by atoms with Crippen LogP contribution in [0.25, 0.3) is 0 Å². The Morgan fingerprint density at radius 2 is 2.00 bits per heavy atom. The highest BCUT2D eigenvalue weighted by atomic mass is 35.5. The lowest BCUT2D eigenvalue weighted by Crippen LogP contribution is -2.29. The molecule has 128 valence electrons. The van der Waals surface area contributed by atoms with Crippen molar-refractivity contribution in [2.24, 2.45) is 0 Å². The summed E-state index contributed by atoms with van der Waals surface area (Å²) in [7, 11) is 0. The maximum absolute atomic E-state index is 12.2. The number of alkyl halides is 3. The summed E-state index contributed by atoms with van der Waals surface area (Å²) in [6.45, 7) is 1.78. The van der Waals surface area contributed by atoms with Crippen molar-refractivity contribution >= 4 is 45.6 Å². The summed E-state index contributed by atoms with van der Waals surface area (Å²) in [4.78, 5) is 26.9. The van der Waals surface area contributed by atoms with Gasteiger partial charge in [-0.05, 0) is 18.6 Å². The molecular formula is C14H11ClF3N3O2S. The normalized spacial score (nSPS) is 11.2. The molecule has 0 saturated heterocycles. The van der Waals surface area contributed by atoms with Crippen molar-refractivity contribution in [2.75, 3.05) is 10.6 Å². The number of anilines is 2. The SMILES string of the molecule is Cc1cccc(Cl)c1NC(=O)Cc1cnc(NC(=O)C(F)(F)F)s1. The summed E-state index contributed by atoms with van der Waals surface area (Å²) in [5, 5.41) is 4.43. The Morgan fingerprint density at radius 1 is 1.29 bits per heavy atom. The third-order valence-corrected chi connectivity index (χ3v) is 4.08. The molecule has 0 atom stereocenters. The van der Waals surface area contributed by atoms with E-state index in [4.69, 9.17) is 11.6 Å². The summed E-state index contributed by atoms with van der Waals surface area (Å²) in [6.07, 6.45) is -3.87. The second-order valence-corrected chi connectivity index (χ2v) is 6.26. The minimum absolute atomic E-state index is 0.107. The quantitative estimate of drug-likeness (QED) is 0.851. The molecule has 2 rings (SSSR count). The lowest BCUT2D eigenvalue weighted by Gasteiger charge is -2.09. The molecule has 1 aromatic heterocycles. The molecule has 2 amide bonds. The van der Waals surface area contributed by atoms with Crippen LogP contribution in [0.1, 0.15) is 10.4 Å². The lowest BCUT2D eigenvalue weighted by molar-refractivity contribution is -0.167. The van der Waals surface area contributed by atoms with Crippen molar-refractivity contribution in [1.29, 1.82) is 0 Å². The largest absolute Gasteiger partial charge is 0.471 e. The van der Waals surface area contributed by atoms with Crippen LogP contribution >= 0.6 is 22.9 Å². The Bertz CT molecular complexity index is 757. The third-order valence-electron chi connectivity index (χ3n) is 2.85. The first kappa shape index (κ1) is 18.2. The monoisotopic (exact) mass is 377 g/mol. The van der Waals surface area contributed by atoms with E-state index in [1.807, 2.05) is 0 Å². The van der Waals surface area contributed by atoms with Gasteiger partial charge in [0.1, 0.15) is 0 Å². The molecule has 0 bridgehead atoms. The van der Waals surface area contributed by atoms with Crippen LogP contribution in [0.15, 0.2) is 24.4 Å². The number of hydrogen-bond donors (Lipinski definition) is 2. The Balaban J connectivity index is 1.99. The van der Waals surface area contributed by atoms with Crippen molar-refractivity contribution in [3.63, 3.8) is 0 Å². The Hall–Kier alpha value is -2.13. The van der Waals surface area contributed by atoms with Crippen molar-refractivity contribution in [3.05, 3.63) is 39.9 Å². The molecule has 0 spiro atoms. The van der Waals surface area contributed by atoms with E-state index in [1.165, 1.54) is 6.20 Å². The molecule has 10 heteroatoms. The van der Waals surface area contributed by atoms with Gasteiger partial charge in [0.2, 0.25) is 5.91 Å². The molecule has 0 aliphatic heterocycles. The number of amides is 2. The molecule has 2 aromatic rings. The molecule has 0 saturated carbocycles. The number of thiazole rings is 1. The van der Waals surface area contributed by atoms with E-state index in [9.17, 15) is 22.8 Å². The number of nitrogens with zero attached hydrogens (tertiary/aromatic N) is 1. The highest BCUT2D eigenvalue weighted by Gasteiger charge is 2.39. The molecule has 0 aliphatic rings. The number of benzene rings is 1. The van der Waals surface area contributed by atoms with E-state index in [1.54, 1.807) is 30.4 Å². The first-order chi connectivity index (χ1) is 11.2. The molecule has 0 unspecified atom stereocenters. The number of para-hydroxylation sites is 1. The molecule has 5 nitrogen and oxygen atoms in total. The fraction of sp³-hybridized carbons (Fsp3) is 0.214. The molecule has 0 radical (unpaired) electrons. The average Bonchev–Trinajstić information content (AvgIpc) is 2.89. The van der Waals surface area contributed by atoms with E-state index in [0.29, 0.717) is 15.6 Å². The van der Waals surface area contributed by atoms with Gasteiger partial charge in [-0.1, -0.05) is 23.7 Å². The van der Waals surface area contributed by atoms with Gasteiger partial charge in [0.25, 0.3) is 0 Å². The van der Waals surface area contributed by atoms with Gasteiger partial charge in [-0.15, -0.1) is 11.3 Å². The average molecular weight is 378 g/mol. The van der Waals surface area contributed by atoms with Crippen LogP contribution in [0.3, 0.4) is 0 Å². The summed E-state index contributed by atoms with van der Waals surface area (Å²) in [5.74, 6) is -2.51. The van der Waals surface area contributed by atoms with Gasteiger partial charge in [-0.2, -0.15) is 13.2 Å². The highest BCUT2D eigenvalue weighted by molar-refractivity contribution is 7.15. The van der Waals surface area contributed by atoms with Gasteiger partial charge in [0.15, 0.2) is 5.13 Å². The number of aryl methyl sites for hydroxylation is 1. The summed E-state index contributed by atoms with van der Waals surface area (Å²) >= 11 is 6.79. The van der Waals surface area contributed by atoms with Crippen LogP contribution in [0, 0.1) is 6.92 Å². The van der Waals surface area contributed by atoms with Gasteiger partial charge >= 0.3 is 12.1 Å². The summed E-state index contributed by atoms with van der Waals surface area (Å²) in [5.41, 5.74) is 1.25. The first-order valence-corrected chi connectivity index (χ1v) is 7.74. The lowest BCUT2D eigenvalue weighted by atomic mass is 10.2. The number of carbonyl (C=O) groups excluding carboxylic acids is 2. The van der Waals surface area contributed by atoms with Gasteiger partial charge < -0.3 is 5.32 Å². The Kier molecular flexibility index (Phi) is 5.45. The van der Waals surface area contributed by atoms with E-state index >= 15 is 0 Å². The van der Waals surface area contributed by atoms with Gasteiger partial charge in [0, 0.05) is 11.1 Å². The zero-order valence-corrected chi connectivity index (χ0v) is 13.8. The van der Waals surface area contributed by atoms with Gasteiger partial charge in [-0.25, -0.2) is 4.98 Å². The Morgan fingerprint density at radius 3 is 2.62 bits per heavy atom. The van der Waals surface area contributed by atoms with E-state index < -0.39 is 18.0 Å². The Labute approximate surface area is 143 Å². The molecule has 1 heterocycles. The van der Waals surface area contributed by atoms with Crippen LogP contribution in [-0.4, -0.2) is 23.0 Å². The number of hydrogen-bond acceptors (Lipinski definition) is 4. The fourth-order valence-electron chi connectivity index (χ4n) is 1.75. The zero-order chi connectivity index (χ0) is 17.9. The molecule has 0 fully saturated rings. The third kappa shape index (κ3) is 4.68. The predicted molar refractivity (Wildman–Crippen MR) is 85.3 cm³/mol. The molecular weight excluding hydrogens is 367 g/mol. The minimum Gasteiger partial charge on any atom is -0.324 e. The van der Waals surface area contributed by atoms with Crippen molar-refractivity contribution in [2.45, 2.75) is 19.5 Å². The van der Waals surface area contributed by atoms with E-state index in [0.717, 1.165) is 16.9 Å². The van der Waals surface area contributed by atoms with E-state index in [2.05, 4.69) is 10.3 Å². The molecule has 24 heavy (non-hydrogen) atoms. The standard InChI is InChI=1S/C14H11ClF3N3O2S/c1-7-3-2-4-9(15)11(7)20-10(22)5-8-6-19-13(24-8)21-12(23)14(16,17)18/h2-4,6H,5H2,1H3,(H,20,22)(H,19,21,23). The van der Waals surface area contributed by atoms with Crippen LogP contribution in [0.4, 0.5) is 24.0 Å². The summed E-state index contributed by atoms with van der Waals surface area (Å²) < 4.78 is 36.5. The van der Waals surface area contributed by atoms with Gasteiger partial charge in [0.05, 0.1) is 17.1 Å². The molecule has 0 aliphatic carbocycles. The predicted octanol–water partition coefficient (Wildman–Crippen LogP) is 3.79. The molecule has 1 aromatic carbocycles. The second kappa shape index (κ2) is 7.18. The van der Waals surface area contributed by atoms with Crippen LogP contribution in [0.5, 0.6) is 0 Å². The number of aromatic nitrogens is 1. The van der Waals surface area contributed by atoms with Gasteiger partial charge in [-0.3, -0.25) is 14.9 Å². The number of halogens is 4. The maximum atomic E-state index is 12.2. The minimum atomic E-state index is -5.00. The summed E-state index contributed by atoms with van der Waals surface area (Å²) in [6, 6.07) is 5.15. The fourth-order valence-corrected chi connectivity index (χ4v) is 2.82. The number of carbonyl (C=O) groups is 2. The number of rotatable bonds is 4. The smallest absolute Gasteiger partial charge is 0.324 e. The van der Waals surface area contributed by atoms with Crippen LogP contribution in [0.2, 0.25) is 5.02 Å². The van der Waals surface area contributed by atoms with Crippen molar-refractivity contribution < 1.29 is 22.8 Å². The molecule has 2 N–H and O–H groups in total. The van der Waals surface area contributed by atoms with Crippen LogP contribution in [-0.2, 0) is 16.0 Å².